The Morgan fingerprint density at radius 1 is 1.57 bits per heavy atom. The van der Waals surface area contributed by atoms with E-state index in [1.807, 2.05) is 31.5 Å². The fourth-order valence-corrected chi connectivity index (χ4v) is 1.05. The second-order valence-corrected chi connectivity index (χ2v) is 2.96. The van der Waals surface area contributed by atoms with Crippen LogP contribution >= 0.6 is 0 Å². The molecular weight excluding hydrogens is 176 g/mol. The number of rotatable bonds is 6. The number of hydrogen-bond acceptors (Lipinski definition) is 3. The summed E-state index contributed by atoms with van der Waals surface area (Å²) in [5.74, 6) is 0.673. The van der Waals surface area contributed by atoms with Crippen molar-refractivity contribution in [2.24, 2.45) is 0 Å². The molecule has 0 saturated heterocycles. The summed E-state index contributed by atoms with van der Waals surface area (Å²) in [7, 11) is 1.91. The van der Waals surface area contributed by atoms with E-state index in [-0.39, 0.29) is 0 Å². The Hall–Kier alpha value is -1.35. The van der Waals surface area contributed by atoms with Gasteiger partial charge >= 0.3 is 0 Å². The van der Waals surface area contributed by atoms with Crippen molar-refractivity contribution < 1.29 is 4.74 Å². The van der Waals surface area contributed by atoms with Gasteiger partial charge in [-0.25, -0.2) is 4.98 Å². The van der Waals surface area contributed by atoms with Crippen LogP contribution in [-0.4, -0.2) is 18.6 Å². The number of ether oxygens (including phenoxy) is 1. The van der Waals surface area contributed by atoms with Crippen LogP contribution in [0.5, 0.6) is 5.88 Å². The highest BCUT2D eigenvalue weighted by molar-refractivity contribution is 5.17. The third-order valence-corrected chi connectivity index (χ3v) is 1.75. The summed E-state index contributed by atoms with van der Waals surface area (Å²) in [6, 6.07) is 3.89. The fourth-order valence-electron chi connectivity index (χ4n) is 1.05. The molecule has 1 aromatic rings. The molecule has 76 valence electrons. The van der Waals surface area contributed by atoms with Crippen LogP contribution in [0.3, 0.4) is 0 Å². The molecule has 14 heavy (non-hydrogen) atoms. The Kier molecular flexibility index (Phi) is 4.72. The smallest absolute Gasteiger partial charge is 0.213 e. The van der Waals surface area contributed by atoms with Crippen molar-refractivity contribution in [3.8, 4) is 5.88 Å². The molecule has 3 heteroatoms. The van der Waals surface area contributed by atoms with Gasteiger partial charge in [-0.05, 0) is 19.0 Å². The average Bonchev–Trinajstić information content (AvgIpc) is 2.21. The Balaban J connectivity index is 2.42. The van der Waals surface area contributed by atoms with Gasteiger partial charge in [-0.1, -0.05) is 12.1 Å². The second kappa shape index (κ2) is 6.16. The van der Waals surface area contributed by atoms with E-state index >= 15 is 0 Å². The Bertz CT molecular complexity index is 269. The van der Waals surface area contributed by atoms with Gasteiger partial charge in [0, 0.05) is 18.8 Å². The van der Waals surface area contributed by atoms with Crippen molar-refractivity contribution in [2.75, 3.05) is 13.7 Å². The van der Waals surface area contributed by atoms with Gasteiger partial charge in [0.1, 0.15) is 0 Å². The highest BCUT2D eigenvalue weighted by Gasteiger charge is 1.95. The fraction of sp³-hybridized carbons (Fsp3) is 0.364. The lowest BCUT2D eigenvalue weighted by Crippen LogP contribution is -2.05. The molecule has 1 N–H and O–H groups in total. The van der Waals surface area contributed by atoms with Crippen molar-refractivity contribution in [3.63, 3.8) is 0 Å². The molecule has 0 saturated carbocycles. The van der Waals surface area contributed by atoms with E-state index in [1.165, 1.54) is 0 Å². The molecular formula is C11H16N2O. The maximum atomic E-state index is 5.38. The molecule has 0 aromatic carbocycles. The lowest BCUT2D eigenvalue weighted by atomic mass is 10.3. The highest BCUT2D eigenvalue weighted by atomic mass is 16.5. The zero-order chi connectivity index (χ0) is 10.2. The molecule has 3 nitrogen and oxygen atoms in total. The van der Waals surface area contributed by atoms with Crippen LogP contribution in [0.4, 0.5) is 0 Å². The Labute approximate surface area is 84.8 Å². The van der Waals surface area contributed by atoms with Crippen LogP contribution in [0.25, 0.3) is 0 Å². The molecule has 1 aromatic heterocycles. The van der Waals surface area contributed by atoms with Crippen LogP contribution < -0.4 is 10.1 Å². The molecule has 0 radical (unpaired) electrons. The standard InChI is InChI=1S/C11H16N2O/c1-3-4-7-14-11-6-5-10(8-12-2)9-13-11/h3,5-6,9,12H,1,4,7-8H2,2H3. The Morgan fingerprint density at radius 2 is 2.43 bits per heavy atom. The van der Waals surface area contributed by atoms with Crippen molar-refractivity contribution in [3.05, 3.63) is 36.5 Å². The minimum atomic E-state index is 0.641. The molecule has 0 unspecified atom stereocenters. The van der Waals surface area contributed by atoms with E-state index in [4.69, 9.17) is 4.74 Å². The quantitative estimate of drug-likeness (QED) is 0.551. The normalized spacial score (nSPS) is 9.79. The maximum absolute atomic E-state index is 5.38. The topological polar surface area (TPSA) is 34.1 Å². The highest BCUT2D eigenvalue weighted by Crippen LogP contribution is 2.07. The molecule has 0 aliphatic heterocycles. The van der Waals surface area contributed by atoms with Gasteiger partial charge in [0.15, 0.2) is 0 Å². The van der Waals surface area contributed by atoms with Crippen molar-refractivity contribution in [1.29, 1.82) is 0 Å². The van der Waals surface area contributed by atoms with Crippen LogP contribution in [0.2, 0.25) is 0 Å². The van der Waals surface area contributed by atoms with E-state index in [9.17, 15) is 0 Å². The zero-order valence-corrected chi connectivity index (χ0v) is 8.49. The third kappa shape index (κ3) is 3.58. The van der Waals surface area contributed by atoms with E-state index in [0.717, 1.165) is 18.5 Å². The Morgan fingerprint density at radius 3 is 3.00 bits per heavy atom. The van der Waals surface area contributed by atoms with Crippen LogP contribution in [0, 0.1) is 0 Å². The van der Waals surface area contributed by atoms with Gasteiger partial charge in [-0.2, -0.15) is 0 Å². The van der Waals surface area contributed by atoms with E-state index in [0.29, 0.717) is 12.5 Å². The van der Waals surface area contributed by atoms with Crippen LogP contribution in [0.1, 0.15) is 12.0 Å². The van der Waals surface area contributed by atoms with Gasteiger partial charge in [0.2, 0.25) is 5.88 Å². The predicted octanol–water partition coefficient (Wildman–Crippen LogP) is 1.76. The number of nitrogens with zero attached hydrogens (tertiary/aromatic N) is 1. The van der Waals surface area contributed by atoms with Gasteiger partial charge in [0.25, 0.3) is 0 Å². The van der Waals surface area contributed by atoms with E-state index in [1.54, 1.807) is 0 Å². The molecule has 0 fully saturated rings. The molecule has 0 spiro atoms. The van der Waals surface area contributed by atoms with E-state index < -0.39 is 0 Å². The van der Waals surface area contributed by atoms with Crippen molar-refractivity contribution >= 4 is 0 Å². The van der Waals surface area contributed by atoms with Gasteiger partial charge in [-0.3, -0.25) is 0 Å². The number of aromatic nitrogens is 1. The predicted molar refractivity (Wildman–Crippen MR) is 57.3 cm³/mol. The first-order valence-corrected chi connectivity index (χ1v) is 4.70. The summed E-state index contributed by atoms with van der Waals surface area (Å²) < 4.78 is 5.38. The summed E-state index contributed by atoms with van der Waals surface area (Å²) in [6.07, 6.45) is 4.50. The number of nitrogens with one attached hydrogen (secondary N) is 1. The molecule has 0 aliphatic rings. The molecule has 0 bridgehead atoms. The summed E-state index contributed by atoms with van der Waals surface area (Å²) >= 11 is 0. The number of pyridine rings is 1. The third-order valence-electron chi connectivity index (χ3n) is 1.75. The molecule has 0 amide bonds. The van der Waals surface area contributed by atoms with Gasteiger partial charge in [-0.15, -0.1) is 6.58 Å². The first-order valence-electron chi connectivity index (χ1n) is 4.70. The van der Waals surface area contributed by atoms with Crippen LogP contribution in [-0.2, 0) is 6.54 Å². The first-order chi connectivity index (χ1) is 6.86. The van der Waals surface area contributed by atoms with Crippen molar-refractivity contribution in [1.82, 2.24) is 10.3 Å². The van der Waals surface area contributed by atoms with Gasteiger partial charge < -0.3 is 10.1 Å². The minimum Gasteiger partial charge on any atom is -0.477 e. The lowest BCUT2D eigenvalue weighted by molar-refractivity contribution is 0.312. The maximum Gasteiger partial charge on any atom is 0.213 e. The van der Waals surface area contributed by atoms with Crippen molar-refractivity contribution in [2.45, 2.75) is 13.0 Å². The summed E-state index contributed by atoms with van der Waals surface area (Å²) in [4.78, 5) is 4.17. The lowest BCUT2D eigenvalue weighted by Gasteiger charge is -2.04. The number of hydrogen-bond donors (Lipinski definition) is 1. The average molecular weight is 192 g/mol. The monoisotopic (exact) mass is 192 g/mol. The summed E-state index contributed by atoms with van der Waals surface area (Å²) in [5.41, 5.74) is 1.16. The molecule has 1 heterocycles. The summed E-state index contributed by atoms with van der Waals surface area (Å²) in [6.45, 7) is 5.10. The molecule has 1 rings (SSSR count). The SMILES string of the molecule is C=CCCOc1ccc(CNC)cn1. The molecule has 0 atom stereocenters. The largest absolute Gasteiger partial charge is 0.477 e. The van der Waals surface area contributed by atoms with Gasteiger partial charge in [0.05, 0.1) is 6.61 Å². The minimum absolute atomic E-state index is 0.641. The second-order valence-electron chi connectivity index (χ2n) is 2.96. The first kappa shape index (κ1) is 10.7. The zero-order valence-electron chi connectivity index (χ0n) is 8.49. The molecule has 0 aliphatic carbocycles. The van der Waals surface area contributed by atoms with Crippen LogP contribution in [0.15, 0.2) is 31.0 Å². The summed E-state index contributed by atoms with van der Waals surface area (Å²) in [5, 5.41) is 3.06. The van der Waals surface area contributed by atoms with E-state index in [2.05, 4.69) is 16.9 Å².